The van der Waals surface area contributed by atoms with Crippen LogP contribution in [0.1, 0.15) is 36.3 Å². The van der Waals surface area contributed by atoms with E-state index in [9.17, 15) is 9.59 Å². The third-order valence-electron chi connectivity index (χ3n) is 6.51. The Balaban J connectivity index is 1.12. The predicted molar refractivity (Wildman–Crippen MR) is 126 cm³/mol. The topological polar surface area (TPSA) is 50.3 Å². The van der Waals surface area contributed by atoms with Gasteiger partial charge in [0, 0.05) is 0 Å². The molecule has 3 aromatic heterocycles. The average Bonchev–Trinajstić information content (AvgIpc) is 3.60. The number of rotatable bonds is 2. The van der Waals surface area contributed by atoms with E-state index in [1.165, 1.54) is 25.6 Å². The minimum atomic E-state index is -0.341. The first-order valence-corrected chi connectivity index (χ1v) is 15.3. The van der Waals surface area contributed by atoms with Crippen molar-refractivity contribution < 1.29 is 9.59 Å². The molecule has 0 fully saturated rings. The minimum absolute atomic E-state index is 0.152. The quantitative estimate of drug-likeness (QED) is 0.188. The Hall–Kier alpha value is -2.21. The van der Waals surface area contributed by atoms with Gasteiger partial charge in [-0.1, -0.05) is 0 Å². The summed E-state index contributed by atoms with van der Waals surface area (Å²) in [5.74, 6) is -0.306. The molecule has 154 valence electrons. The Morgan fingerprint density at radius 1 is 1.00 bits per heavy atom. The van der Waals surface area contributed by atoms with Gasteiger partial charge in [0.25, 0.3) is 0 Å². The number of aromatic nitrogens is 1. The molecule has 0 amide bonds. The Labute approximate surface area is 203 Å². The van der Waals surface area contributed by atoms with Crippen molar-refractivity contribution in [1.82, 2.24) is 9.88 Å². The average molecular weight is 644 g/mol. The molecule has 0 saturated carbocycles. The van der Waals surface area contributed by atoms with Crippen LogP contribution in [-0.2, 0) is 13.1 Å². The fourth-order valence-electron chi connectivity index (χ4n) is 4.90. The van der Waals surface area contributed by atoms with Crippen LogP contribution in [0.2, 0.25) is 0 Å². The fraction of sp³-hybridized carbons (Fsp3) is 0.115. The van der Waals surface area contributed by atoms with E-state index >= 15 is 0 Å². The number of hydrogen-bond donors (Lipinski definition) is 0. The summed E-state index contributed by atoms with van der Waals surface area (Å²) in [6, 6.07) is 9.44. The molecule has 0 saturated heterocycles. The molecule has 1 aromatic carbocycles. The van der Waals surface area contributed by atoms with Crippen molar-refractivity contribution in [2.24, 2.45) is 0 Å². The Morgan fingerprint density at radius 2 is 1.81 bits per heavy atom. The molecule has 32 heavy (non-hydrogen) atoms. The number of Topliss-reactive ketones (excluding diaryl/α,β-unsaturated/α-hetero) is 2. The van der Waals surface area contributed by atoms with Gasteiger partial charge in [-0.3, -0.25) is 0 Å². The van der Waals surface area contributed by atoms with Crippen LogP contribution in [0, 0.1) is 0 Å². The molecule has 1 aliphatic heterocycles. The van der Waals surface area contributed by atoms with Crippen molar-refractivity contribution in [3.63, 3.8) is 0 Å². The zero-order chi connectivity index (χ0) is 21.4. The number of benzene rings is 1. The zero-order valence-electron chi connectivity index (χ0n) is 16.9. The molecule has 0 atom stereocenters. The Morgan fingerprint density at radius 3 is 2.62 bits per heavy atom. The first-order valence-electron chi connectivity index (χ1n) is 10.5. The third kappa shape index (κ3) is 2.77. The molecule has 0 spiro atoms. The summed E-state index contributed by atoms with van der Waals surface area (Å²) >= 11 is -0.493. The predicted octanol–water partition coefficient (Wildman–Crippen LogP) is 4.04. The molecule has 3 aliphatic rings. The van der Waals surface area contributed by atoms with Gasteiger partial charge in [-0.05, 0) is 0 Å². The van der Waals surface area contributed by atoms with Gasteiger partial charge >= 0.3 is 205 Å². The van der Waals surface area contributed by atoms with Crippen LogP contribution < -0.4 is 0 Å². The number of pyridine rings is 1. The van der Waals surface area contributed by atoms with Gasteiger partial charge in [0.1, 0.15) is 0 Å². The molecule has 7 rings (SSSR count). The summed E-state index contributed by atoms with van der Waals surface area (Å²) in [5, 5.41) is 1.50. The molecule has 0 radical (unpaired) electrons. The van der Waals surface area contributed by atoms with Gasteiger partial charge in [0.2, 0.25) is 0 Å². The maximum absolute atomic E-state index is 12.7. The van der Waals surface area contributed by atoms with E-state index in [1.807, 2.05) is 12.1 Å². The summed E-state index contributed by atoms with van der Waals surface area (Å²) < 4.78 is 7.08. The van der Waals surface area contributed by atoms with Gasteiger partial charge in [-0.25, -0.2) is 0 Å². The van der Waals surface area contributed by atoms with E-state index < -0.39 is 0 Å². The Bertz CT molecular complexity index is 1560. The molecule has 0 bridgehead atoms. The van der Waals surface area contributed by atoms with Crippen LogP contribution in [0.3, 0.4) is 0 Å². The van der Waals surface area contributed by atoms with E-state index in [-0.39, 0.29) is 52.4 Å². The molecule has 4 aromatic rings. The normalized spacial score (nSPS) is 17.4. The summed E-state index contributed by atoms with van der Waals surface area (Å²) in [6.07, 6.45) is 8.89. The van der Waals surface area contributed by atoms with E-state index in [4.69, 9.17) is 4.98 Å². The molecule has 0 unspecified atom stereocenters. The molecular formula is C26H16N2O2Te2. The summed E-state index contributed by atoms with van der Waals surface area (Å²) in [5.41, 5.74) is 6.35. The second-order valence-electron chi connectivity index (χ2n) is 8.33. The molecule has 6 heteroatoms. The van der Waals surface area contributed by atoms with Crippen molar-refractivity contribution in [2.75, 3.05) is 0 Å². The second kappa shape index (κ2) is 7.14. The van der Waals surface area contributed by atoms with Crippen LogP contribution in [0.4, 0.5) is 0 Å². The maximum atomic E-state index is 12.7. The van der Waals surface area contributed by atoms with Crippen molar-refractivity contribution in [1.29, 1.82) is 0 Å². The van der Waals surface area contributed by atoms with E-state index in [0.29, 0.717) is 16.7 Å². The molecule has 0 N–H and O–H groups in total. The van der Waals surface area contributed by atoms with Gasteiger partial charge in [0.05, 0.1) is 0 Å². The van der Waals surface area contributed by atoms with Crippen LogP contribution in [-0.4, -0.2) is 62.3 Å². The van der Waals surface area contributed by atoms with E-state index in [0.717, 1.165) is 25.1 Å². The number of ketones is 2. The van der Waals surface area contributed by atoms with Gasteiger partial charge in [0.15, 0.2) is 0 Å². The number of carbonyl (C=O) groups is 2. The third-order valence-corrected chi connectivity index (χ3v) is 12.5. The van der Waals surface area contributed by atoms with Crippen molar-refractivity contribution in [3.05, 3.63) is 96.0 Å². The molecule has 4 heterocycles. The van der Waals surface area contributed by atoms with Crippen LogP contribution in [0.15, 0.2) is 75.7 Å². The van der Waals surface area contributed by atoms with Gasteiger partial charge in [-0.2, -0.15) is 0 Å². The van der Waals surface area contributed by atoms with Crippen molar-refractivity contribution in [3.8, 4) is 0 Å². The first kappa shape index (κ1) is 19.3. The zero-order valence-corrected chi connectivity index (χ0v) is 21.6. The van der Waals surface area contributed by atoms with Crippen LogP contribution in [0.25, 0.3) is 17.7 Å². The van der Waals surface area contributed by atoms with E-state index in [1.54, 1.807) is 25.2 Å². The van der Waals surface area contributed by atoms with Crippen molar-refractivity contribution >= 4 is 70.1 Å². The van der Waals surface area contributed by atoms with E-state index in [2.05, 4.69) is 33.4 Å². The van der Waals surface area contributed by atoms with Crippen LogP contribution >= 0.6 is 0 Å². The number of fused-ring (bicyclic) bond motifs is 6. The SMILES string of the molecule is O=C1C(=CC2=CC=C(N3Cc4[te]c5c(ncc6[te]ccc65)c4C3)C2)C(=O)c2ccccc21. The number of hydrogen-bond acceptors (Lipinski definition) is 4. The van der Waals surface area contributed by atoms with Crippen molar-refractivity contribution in [2.45, 2.75) is 19.5 Å². The fourth-order valence-corrected chi connectivity index (χ4v) is 11.4. The standard InChI is InChI=1S/C26H16N2O2Te2/c29-24-16-3-1-2-4-17(16)25(30)19(24)10-14-5-6-15(9-14)28-12-20-22(13-28)32-26-18-7-8-31-21(18)11-27-23(20)26/h1-8,10-11H,9,12-13H2. The monoisotopic (exact) mass is 648 g/mol. The first-order chi connectivity index (χ1) is 15.7. The molecular weight excluding hydrogens is 627 g/mol. The summed E-state index contributed by atoms with van der Waals surface area (Å²) in [6.45, 7) is 1.92. The van der Waals surface area contributed by atoms with Gasteiger partial charge in [-0.15, -0.1) is 0 Å². The Kier molecular flexibility index (Phi) is 4.30. The summed E-state index contributed by atoms with van der Waals surface area (Å²) in [4.78, 5) is 32.7. The number of allylic oxidation sites excluding steroid dienone is 5. The molecule has 4 nitrogen and oxygen atoms in total. The van der Waals surface area contributed by atoms with Gasteiger partial charge < -0.3 is 0 Å². The van der Waals surface area contributed by atoms with Crippen LogP contribution in [0.5, 0.6) is 0 Å². The second-order valence-corrected chi connectivity index (χ2v) is 14.2. The number of carbonyl (C=O) groups excluding carboxylic acids is 2. The molecule has 2 aliphatic carbocycles. The number of nitrogens with zero attached hydrogens (tertiary/aromatic N) is 2. The summed E-state index contributed by atoms with van der Waals surface area (Å²) in [7, 11) is 0.